The van der Waals surface area contributed by atoms with E-state index in [2.05, 4.69) is 9.88 Å². The molecule has 0 saturated carbocycles. The van der Waals surface area contributed by atoms with Crippen molar-refractivity contribution in [1.82, 2.24) is 4.57 Å². The number of hydrogen-bond donors (Lipinski definition) is 1. The van der Waals surface area contributed by atoms with Crippen LogP contribution < -0.4 is 5.32 Å². The first-order valence-electron chi connectivity index (χ1n) is 9.07. The summed E-state index contributed by atoms with van der Waals surface area (Å²) >= 11 is 0. The highest BCUT2D eigenvalue weighted by Gasteiger charge is 2.18. The highest BCUT2D eigenvalue weighted by Crippen LogP contribution is 2.17. The molecule has 0 spiro atoms. The smallest absolute Gasteiger partial charge is 0.338 e. The molecule has 28 heavy (non-hydrogen) atoms. The maximum absolute atomic E-state index is 12.5. The van der Waals surface area contributed by atoms with Gasteiger partial charge in [-0.05, 0) is 50.6 Å². The fourth-order valence-corrected chi connectivity index (χ4v) is 2.98. The molecule has 0 fully saturated rings. The molecular formula is C21H26N2O5. The number of carbonyl (C=O) groups excluding carboxylic acids is 3. The van der Waals surface area contributed by atoms with E-state index in [1.165, 1.54) is 6.92 Å². The Bertz CT molecular complexity index is 852. The first kappa shape index (κ1) is 21.4. The molecule has 0 atom stereocenters. The largest absolute Gasteiger partial charge is 0.454 e. The van der Waals surface area contributed by atoms with E-state index < -0.39 is 5.97 Å². The summed E-state index contributed by atoms with van der Waals surface area (Å²) in [6.45, 7) is 6.32. The van der Waals surface area contributed by atoms with Crippen LogP contribution in [0.4, 0.5) is 5.69 Å². The van der Waals surface area contributed by atoms with Crippen LogP contribution in [0.5, 0.6) is 0 Å². The second-order valence-electron chi connectivity index (χ2n) is 6.54. The molecule has 0 aliphatic rings. The number of ketones is 1. The Morgan fingerprint density at radius 3 is 2.39 bits per heavy atom. The standard InChI is InChI=1S/C21H26N2O5/c1-14-12-19(15(2)23(14)10-5-11-27-4)20(25)13-28-21(26)17-6-8-18(9-7-17)22-16(3)24/h6-9,12H,5,10-11,13H2,1-4H3,(H,22,24). The second kappa shape index (κ2) is 9.85. The van der Waals surface area contributed by atoms with Gasteiger partial charge in [0.1, 0.15) is 0 Å². The Labute approximate surface area is 164 Å². The average Bonchev–Trinajstić information content (AvgIpc) is 2.94. The average molecular weight is 386 g/mol. The molecule has 0 saturated heterocycles. The highest BCUT2D eigenvalue weighted by atomic mass is 16.5. The molecule has 1 aromatic heterocycles. The molecular weight excluding hydrogens is 360 g/mol. The van der Waals surface area contributed by atoms with Gasteiger partial charge in [-0.15, -0.1) is 0 Å². The summed E-state index contributed by atoms with van der Waals surface area (Å²) in [7, 11) is 1.66. The third-order valence-electron chi connectivity index (χ3n) is 4.38. The molecule has 1 heterocycles. The van der Waals surface area contributed by atoms with Crippen molar-refractivity contribution in [3.05, 3.63) is 52.8 Å². The van der Waals surface area contributed by atoms with Gasteiger partial charge in [0.15, 0.2) is 6.61 Å². The quantitative estimate of drug-likeness (QED) is 0.406. The van der Waals surface area contributed by atoms with Crippen LogP contribution >= 0.6 is 0 Å². The van der Waals surface area contributed by atoms with E-state index in [9.17, 15) is 14.4 Å². The number of rotatable bonds is 9. The van der Waals surface area contributed by atoms with E-state index in [1.54, 1.807) is 31.4 Å². The number of carbonyl (C=O) groups is 3. The van der Waals surface area contributed by atoms with E-state index >= 15 is 0 Å². The Hall–Kier alpha value is -2.93. The van der Waals surface area contributed by atoms with Crippen LogP contribution in [-0.4, -0.2) is 42.6 Å². The van der Waals surface area contributed by atoms with Gasteiger partial charge in [0.2, 0.25) is 11.7 Å². The summed E-state index contributed by atoms with van der Waals surface area (Å²) in [5, 5.41) is 2.62. The number of ether oxygens (including phenoxy) is 2. The predicted molar refractivity (Wildman–Crippen MR) is 106 cm³/mol. The fraction of sp³-hybridized carbons (Fsp3) is 0.381. The van der Waals surface area contributed by atoms with Crippen molar-refractivity contribution in [3.8, 4) is 0 Å². The number of benzene rings is 1. The van der Waals surface area contributed by atoms with Crippen LogP contribution in [-0.2, 0) is 20.8 Å². The van der Waals surface area contributed by atoms with E-state index in [4.69, 9.17) is 9.47 Å². The lowest BCUT2D eigenvalue weighted by Crippen LogP contribution is -2.15. The number of nitrogens with one attached hydrogen (secondary N) is 1. The molecule has 150 valence electrons. The monoisotopic (exact) mass is 386 g/mol. The Balaban J connectivity index is 1.97. The Morgan fingerprint density at radius 1 is 1.11 bits per heavy atom. The molecule has 7 heteroatoms. The van der Waals surface area contributed by atoms with Gasteiger partial charge in [-0.3, -0.25) is 9.59 Å². The summed E-state index contributed by atoms with van der Waals surface area (Å²) in [6.07, 6.45) is 0.851. The third kappa shape index (κ3) is 5.53. The number of aromatic nitrogens is 1. The van der Waals surface area contributed by atoms with Crippen molar-refractivity contribution in [3.63, 3.8) is 0 Å². The van der Waals surface area contributed by atoms with Gasteiger partial charge in [-0.25, -0.2) is 4.79 Å². The van der Waals surface area contributed by atoms with Crippen LogP contribution in [0.2, 0.25) is 0 Å². The predicted octanol–water partition coefficient (Wildman–Crippen LogP) is 3.14. The zero-order valence-electron chi connectivity index (χ0n) is 16.7. The summed E-state index contributed by atoms with van der Waals surface area (Å²) in [5.74, 6) is -1.02. The maximum atomic E-state index is 12.5. The van der Waals surface area contributed by atoms with Crippen LogP contribution in [0.25, 0.3) is 0 Å². The molecule has 1 N–H and O–H groups in total. The van der Waals surface area contributed by atoms with Crippen molar-refractivity contribution in [2.75, 3.05) is 25.6 Å². The first-order valence-corrected chi connectivity index (χ1v) is 9.07. The number of aryl methyl sites for hydroxylation is 1. The summed E-state index contributed by atoms with van der Waals surface area (Å²) in [6, 6.07) is 8.11. The molecule has 2 rings (SSSR count). The van der Waals surface area contributed by atoms with E-state index in [-0.39, 0.29) is 18.3 Å². The molecule has 7 nitrogen and oxygen atoms in total. The van der Waals surface area contributed by atoms with Gasteiger partial charge in [-0.2, -0.15) is 0 Å². The van der Waals surface area contributed by atoms with Gasteiger partial charge in [0.05, 0.1) is 5.56 Å². The lowest BCUT2D eigenvalue weighted by Gasteiger charge is -2.09. The molecule has 0 bridgehead atoms. The number of hydrogen-bond acceptors (Lipinski definition) is 5. The molecule has 2 aromatic rings. The number of amides is 1. The van der Waals surface area contributed by atoms with E-state index in [0.717, 1.165) is 24.4 Å². The number of Topliss-reactive ketones (excluding diaryl/α,β-unsaturated/α-hetero) is 1. The Morgan fingerprint density at radius 2 is 1.79 bits per heavy atom. The number of methoxy groups -OCH3 is 1. The van der Waals surface area contributed by atoms with Gasteiger partial charge in [0.25, 0.3) is 0 Å². The summed E-state index contributed by atoms with van der Waals surface area (Å²) in [5.41, 5.74) is 3.29. The van der Waals surface area contributed by atoms with Gasteiger partial charge in [0, 0.05) is 49.8 Å². The number of esters is 1. The maximum Gasteiger partial charge on any atom is 0.338 e. The van der Waals surface area contributed by atoms with Crippen molar-refractivity contribution in [2.24, 2.45) is 0 Å². The van der Waals surface area contributed by atoms with Crippen LogP contribution in [0.3, 0.4) is 0 Å². The van der Waals surface area contributed by atoms with E-state index in [1.807, 2.05) is 19.9 Å². The van der Waals surface area contributed by atoms with Crippen molar-refractivity contribution < 1.29 is 23.9 Å². The minimum absolute atomic E-state index is 0.194. The topological polar surface area (TPSA) is 86.6 Å². The van der Waals surface area contributed by atoms with Gasteiger partial charge < -0.3 is 19.4 Å². The van der Waals surface area contributed by atoms with Crippen molar-refractivity contribution >= 4 is 23.3 Å². The SMILES string of the molecule is COCCCn1c(C)cc(C(=O)COC(=O)c2ccc(NC(C)=O)cc2)c1C. The lowest BCUT2D eigenvalue weighted by molar-refractivity contribution is -0.114. The molecule has 0 radical (unpaired) electrons. The molecule has 1 amide bonds. The number of nitrogens with zero attached hydrogens (tertiary/aromatic N) is 1. The number of anilines is 1. The van der Waals surface area contributed by atoms with Crippen LogP contribution in [0.15, 0.2) is 30.3 Å². The molecule has 0 aliphatic heterocycles. The zero-order valence-corrected chi connectivity index (χ0v) is 16.7. The highest BCUT2D eigenvalue weighted by molar-refractivity contribution is 6.00. The zero-order chi connectivity index (χ0) is 20.7. The fourth-order valence-electron chi connectivity index (χ4n) is 2.98. The van der Waals surface area contributed by atoms with Crippen molar-refractivity contribution in [1.29, 1.82) is 0 Å². The molecule has 0 unspecified atom stereocenters. The molecule has 0 aliphatic carbocycles. The van der Waals surface area contributed by atoms with Crippen molar-refractivity contribution in [2.45, 2.75) is 33.7 Å². The van der Waals surface area contributed by atoms with Crippen LogP contribution in [0, 0.1) is 13.8 Å². The summed E-state index contributed by atoms with van der Waals surface area (Å²) < 4.78 is 12.3. The second-order valence-corrected chi connectivity index (χ2v) is 6.54. The van der Waals surface area contributed by atoms with Gasteiger partial charge >= 0.3 is 5.97 Å². The van der Waals surface area contributed by atoms with Crippen LogP contribution in [0.1, 0.15) is 45.4 Å². The normalized spacial score (nSPS) is 10.6. The summed E-state index contributed by atoms with van der Waals surface area (Å²) in [4.78, 5) is 35.7. The minimum Gasteiger partial charge on any atom is -0.454 e. The Kier molecular flexibility index (Phi) is 7.52. The van der Waals surface area contributed by atoms with Gasteiger partial charge in [-0.1, -0.05) is 0 Å². The first-order chi connectivity index (χ1) is 13.3. The third-order valence-corrected chi connectivity index (χ3v) is 4.38. The minimum atomic E-state index is -0.586. The van der Waals surface area contributed by atoms with E-state index in [0.29, 0.717) is 23.4 Å². The lowest BCUT2D eigenvalue weighted by atomic mass is 10.1. The molecule has 1 aromatic carbocycles.